The minimum atomic E-state index is 0.234. The van der Waals surface area contributed by atoms with Gasteiger partial charge in [0, 0.05) is 57.7 Å². The van der Waals surface area contributed by atoms with Crippen molar-refractivity contribution >= 4 is 5.91 Å². The molecule has 5 nitrogen and oxygen atoms in total. The molecule has 0 saturated carbocycles. The Kier molecular flexibility index (Phi) is 3.75. The molecule has 2 fully saturated rings. The van der Waals surface area contributed by atoms with Crippen LogP contribution in [-0.2, 0) is 11.2 Å². The molecule has 0 radical (unpaired) electrons. The molecule has 2 aliphatic heterocycles. The molecule has 0 unspecified atom stereocenters. The van der Waals surface area contributed by atoms with Gasteiger partial charge in [0.15, 0.2) is 0 Å². The van der Waals surface area contributed by atoms with Gasteiger partial charge < -0.3 is 10.2 Å². The lowest BCUT2D eigenvalue weighted by atomic mass is 10.0. The molecule has 3 heterocycles. The number of likely N-dealkylation sites (tertiary alicyclic amines) is 1. The van der Waals surface area contributed by atoms with Crippen LogP contribution in [0.15, 0.2) is 24.5 Å². The third-order valence-electron chi connectivity index (χ3n) is 3.99. The molecule has 3 rings (SSSR count). The zero-order valence-corrected chi connectivity index (χ0v) is 11.1. The molecule has 2 saturated heterocycles. The molecule has 0 bridgehead atoms. The quantitative estimate of drug-likeness (QED) is 0.813. The second kappa shape index (κ2) is 5.67. The summed E-state index contributed by atoms with van der Waals surface area (Å²) in [4.78, 5) is 20.5. The van der Waals surface area contributed by atoms with Crippen LogP contribution in [0.3, 0.4) is 0 Å². The number of nitrogens with one attached hydrogen (secondary N) is 1. The maximum absolute atomic E-state index is 12.1. The highest BCUT2D eigenvalue weighted by molar-refractivity contribution is 5.79. The van der Waals surface area contributed by atoms with Crippen LogP contribution >= 0.6 is 0 Å². The molecule has 1 aromatic rings. The fourth-order valence-corrected chi connectivity index (χ4v) is 2.72. The average Bonchev–Trinajstić information content (AvgIpc) is 2.39. The van der Waals surface area contributed by atoms with Gasteiger partial charge in [-0.3, -0.25) is 14.7 Å². The van der Waals surface area contributed by atoms with Gasteiger partial charge in [0.05, 0.1) is 6.42 Å². The SMILES string of the molecule is O=C(Cc1ccncc1)N1CC(N2CCNCC2)C1. The minimum Gasteiger partial charge on any atom is -0.339 e. The highest BCUT2D eigenvalue weighted by Gasteiger charge is 2.34. The molecule has 19 heavy (non-hydrogen) atoms. The van der Waals surface area contributed by atoms with E-state index >= 15 is 0 Å². The van der Waals surface area contributed by atoms with Gasteiger partial charge in [0.1, 0.15) is 0 Å². The van der Waals surface area contributed by atoms with Crippen LogP contribution in [0, 0.1) is 0 Å². The van der Waals surface area contributed by atoms with Crippen molar-refractivity contribution in [1.29, 1.82) is 0 Å². The monoisotopic (exact) mass is 260 g/mol. The Hall–Kier alpha value is -1.46. The van der Waals surface area contributed by atoms with E-state index in [1.165, 1.54) is 0 Å². The largest absolute Gasteiger partial charge is 0.339 e. The van der Waals surface area contributed by atoms with E-state index in [4.69, 9.17) is 0 Å². The van der Waals surface area contributed by atoms with Crippen molar-refractivity contribution in [2.24, 2.45) is 0 Å². The van der Waals surface area contributed by atoms with Crippen LogP contribution < -0.4 is 5.32 Å². The Morgan fingerprint density at radius 2 is 1.95 bits per heavy atom. The smallest absolute Gasteiger partial charge is 0.227 e. The lowest BCUT2D eigenvalue weighted by Gasteiger charge is -2.46. The molecular formula is C14H20N4O. The van der Waals surface area contributed by atoms with Crippen molar-refractivity contribution in [3.63, 3.8) is 0 Å². The summed E-state index contributed by atoms with van der Waals surface area (Å²) in [5.74, 6) is 0.234. The number of hydrogen-bond acceptors (Lipinski definition) is 4. The maximum atomic E-state index is 12.1. The first-order valence-corrected chi connectivity index (χ1v) is 6.94. The number of hydrogen-bond donors (Lipinski definition) is 1. The predicted molar refractivity (Wildman–Crippen MR) is 72.8 cm³/mol. The fourth-order valence-electron chi connectivity index (χ4n) is 2.72. The number of pyridine rings is 1. The van der Waals surface area contributed by atoms with E-state index in [9.17, 15) is 4.79 Å². The van der Waals surface area contributed by atoms with Crippen LogP contribution in [0.25, 0.3) is 0 Å². The van der Waals surface area contributed by atoms with Gasteiger partial charge >= 0.3 is 0 Å². The number of aromatic nitrogens is 1. The number of carbonyl (C=O) groups is 1. The van der Waals surface area contributed by atoms with Gasteiger partial charge in [-0.05, 0) is 17.7 Å². The van der Waals surface area contributed by atoms with Crippen LogP contribution in [-0.4, -0.2) is 66.0 Å². The lowest BCUT2D eigenvalue weighted by molar-refractivity contribution is -0.138. The maximum Gasteiger partial charge on any atom is 0.227 e. The Labute approximate surface area is 113 Å². The molecule has 0 aromatic carbocycles. The molecule has 5 heteroatoms. The van der Waals surface area contributed by atoms with Gasteiger partial charge in [0.25, 0.3) is 0 Å². The van der Waals surface area contributed by atoms with Crippen molar-refractivity contribution < 1.29 is 4.79 Å². The Balaban J connectivity index is 1.46. The second-order valence-electron chi connectivity index (χ2n) is 5.27. The normalized spacial score (nSPS) is 21.2. The van der Waals surface area contributed by atoms with Gasteiger partial charge in [0.2, 0.25) is 5.91 Å². The molecule has 102 valence electrons. The molecular weight excluding hydrogens is 240 g/mol. The lowest BCUT2D eigenvalue weighted by Crippen LogP contribution is -2.64. The molecule has 2 aliphatic rings. The minimum absolute atomic E-state index is 0.234. The Bertz CT molecular complexity index is 424. The summed E-state index contributed by atoms with van der Waals surface area (Å²) in [6.45, 7) is 6.14. The molecule has 1 amide bonds. The molecule has 1 aromatic heterocycles. The summed E-state index contributed by atoms with van der Waals surface area (Å²) in [6.07, 6.45) is 3.97. The Morgan fingerprint density at radius 3 is 2.63 bits per heavy atom. The topological polar surface area (TPSA) is 48.5 Å². The van der Waals surface area contributed by atoms with Crippen LogP contribution in [0.2, 0.25) is 0 Å². The van der Waals surface area contributed by atoms with Gasteiger partial charge in [-0.2, -0.15) is 0 Å². The van der Waals surface area contributed by atoms with Gasteiger partial charge in [-0.1, -0.05) is 0 Å². The number of rotatable bonds is 3. The second-order valence-corrected chi connectivity index (χ2v) is 5.27. The van der Waals surface area contributed by atoms with E-state index in [0.29, 0.717) is 12.5 Å². The zero-order chi connectivity index (χ0) is 13.1. The standard InChI is InChI=1S/C14H20N4O/c19-14(9-12-1-3-15-4-2-12)18-10-13(11-18)17-7-5-16-6-8-17/h1-4,13,16H,5-11H2. The summed E-state index contributed by atoms with van der Waals surface area (Å²) >= 11 is 0. The first kappa shape index (κ1) is 12.6. The predicted octanol–water partition coefficient (Wildman–Crippen LogP) is -0.260. The van der Waals surface area contributed by atoms with E-state index in [0.717, 1.165) is 44.8 Å². The fraction of sp³-hybridized carbons (Fsp3) is 0.571. The van der Waals surface area contributed by atoms with Crippen molar-refractivity contribution in [1.82, 2.24) is 20.1 Å². The highest BCUT2D eigenvalue weighted by atomic mass is 16.2. The third kappa shape index (κ3) is 2.93. The first-order chi connectivity index (χ1) is 9.33. The number of nitrogens with zero attached hydrogens (tertiary/aromatic N) is 3. The zero-order valence-electron chi connectivity index (χ0n) is 11.1. The van der Waals surface area contributed by atoms with Crippen molar-refractivity contribution in [2.45, 2.75) is 12.5 Å². The van der Waals surface area contributed by atoms with E-state index < -0.39 is 0 Å². The highest BCUT2D eigenvalue weighted by Crippen LogP contribution is 2.16. The average molecular weight is 260 g/mol. The summed E-state index contributed by atoms with van der Waals surface area (Å²) in [7, 11) is 0. The van der Waals surface area contributed by atoms with Crippen LogP contribution in [0.1, 0.15) is 5.56 Å². The van der Waals surface area contributed by atoms with Crippen LogP contribution in [0.5, 0.6) is 0 Å². The van der Waals surface area contributed by atoms with Crippen molar-refractivity contribution in [3.8, 4) is 0 Å². The Morgan fingerprint density at radius 1 is 1.26 bits per heavy atom. The summed E-state index contributed by atoms with van der Waals surface area (Å²) in [6, 6.07) is 4.39. The van der Waals surface area contributed by atoms with Crippen LogP contribution in [0.4, 0.5) is 0 Å². The first-order valence-electron chi connectivity index (χ1n) is 6.94. The van der Waals surface area contributed by atoms with E-state index in [1.807, 2.05) is 17.0 Å². The third-order valence-corrected chi connectivity index (χ3v) is 3.99. The van der Waals surface area contributed by atoms with Crippen molar-refractivity contribution in [2.75, 3.05) is 39.3 Å². The van der Waals surface area contributed by atoms with E-state index in [-0.39, 0.29) is 5.91 Å². The van der Waals surface area contributed by atoms with Gasteiger partial charge in [-0.25, -0.2) is 0 Å². The molecule has 0 atom stereocenters. The van der Waals surface area contributed by atoms with E-state index in [2.05, 4.69) is 15.2 Å². The molecule has 0 aliphatic carbocycles. The molecule has 0 spiro atoms. The number of carbonyl (C=O) groups excluding carboxylic acids is 1. The number of amides is 1. The van der Waals surface area contributed by atoms with Crippen molar-refractivity contribution in [3.05, 3.63) is 30.1 Å². The number of piperazine rings is 1. The van der Waals surface area contributed by atoms with Gasteiger partial charge in [-0.15, -0.1) is 0 Å². The van der Waals surface area contributed by atoms with E-state index in [1.54, 1.807) is 12.4 Å². The summed E-state index contributed by atoms with van der Waals surface area (Å²) < 4.78 is 0. The molecule has 1 N–H and O–H groups in total. The summed E-state index contributed by atoms with van der Waals surface area (Å²) in [5.41, 5.74) is 1.05. The summed E-state index contributed by atoms with van der Waals surface area (Å²) in [5, 5.41) is 3.36.